The van der Waals surface area contributed by atoms with Crippen molar-refractivity contribution in [3.05, 3.63) is 34.9 Å². The molecule has 0 aromatic heterocycles. The summed E-state index contributed by atoms with van der Waals surface area (Å²) in [7, 11) is 0. The van der Waals surface area contributed by atoms with Crippen LogP contribution in [0.4, 0.5) is 0 Å². The number of carbonyl (C=O) groups is 2. The topological polar surface area (TPSA) is 66.4 Å². The standard InChI is InChI=1S/C16H22ClNO3/c1-4-13(11-6-5-7-12(17)8-11)18-14(19)9-16(2,3)10-15(20)21/h5-8,13H,4,9-10H2,1-3H3,(H,18,19)(H,20,21). The number of carboxylic acid groups (broad SMARTS) is 1. The molecule has 5 heteroatoms. The van der Waals surface area contributed by atoms with E-state index in [1.165, 1.54) is 0 Å². The van der Waals surface area contributed by atoms with E-state index in [0.717, 1.165) is 12.0 Å². The Hall–Kier alpha value is -1.55. The molecule has 0 saturated heterocycles. The van der Waals surface area contributed by atoms with Gasteiger partial charge >= 0.3 is 5.97 Å². The van der Waals surface area contributed by atoms with Gasteiger partial charge in [0.1, 0.15) is 0 Å². The van der Waals surface area contributed by atoms with E-state index >= 15 is 0 Å². The van der Waals surface area contributed by atoms with Crippen LogP contribution in [-0.2, 0) is 9.59 Å². The van der Waals surface area contributed by atoms with Crippen molar-refractivity contribution in [1.29, 1.82) is 0 Å². The number of amides is 1. The van der Waals surface area contributed by atoms with Crippen LogP contribution in [0.2, 0.25) is 5.02 Å². The zero-order valence-electron chi connectivity index (χ0n) is 12.6. The lowest BCUT2D eigenvalue weighted by Gasteiger charge is -2.24. The van der Waals surface area contributed by atoms with E-state index in [1.54, 1.807) is 19.9 Å². The van der Waals surface area contributed by atoms with E-state index in [4.69, 9.17) is 16.7 Å². The Morgan fingerprint density at radius 1 is 1.33 bits per heavy atom. The minimum atomic E-state index is -0.894. The van der Waals surface area contributed by atoms with Crippen LogP contribution in [0.3, 0.4) is 0 Å². The number of rotatable bonds is 7. The van der Waals surface area contributed by atoms with Crippen LogP contribution in [0, 0.1) is 5.41 Å². The first kappa shape index (κ1) is 17.5. The summed E-state index contributed by atoms with van der Waals surface area (Å²) in [6.45, 7) is 5.54. The lowest BCUT2D eigenvalue weighted by Crippen LogP contribution is -2.32. The van der Waals surface area contributed by atoms with Gasteiger partial charge in [-0.15, -0.1) is 0 Å². The maximum Gasteiger partial charge on any atom is 0.303 e. The van der Waals surface area contributed by atoms with Gasteiger partial charge in [-0.1, -0.05) is 44.5 Å². The predicted molar refractivity (Wildman–Crippen MR) is 83.3 cm³/mol. The molecule has 4 nitrogen and oxygen atoms in total. The Kier molecular flexibility index (Phi) is 6.21. The number of hydrogen-bond donors (Lipinski definition) is 2. The number of carbonyl (C=O) groups excluding carboxylic acids is 1. The molecule has 1 unspecified atom stereocenters. The van der Waals surface area contributed by atoms with Crippen molar-refractivity contribution in [3.8, 4) is 0 Å². The molecule has 1 atom stereocenters. The molecular formula is C16H22ClNO3. The highest BCUT2D eigenvalue weighted by atomic mass is 35.5. The third-order valence-electron chi connectivity index (χ3n) is 3.26. The summed E-state index contributed by atoms with van der Waals surface area (Å²) in [5.74, 6) is -1.04. The smallest absolute Gasteiger partial charge is 0.303 e. The highest BCUT2D eigenvalue weighted by Gasteiger charge is 2.26. The first-order valence-corrected chi connectivity index (χ1v) is 7.38. The molecule has 0 aliphatic carbocycles. The molecule has 0 aliphatic rings. The van der Waals surface area contributed by atoms with Gasteiger partial charge in [0.25, 0.3) is 0 Å². The highest BCUT2D eigenvalue weighted by Crippen LogP contribution is 2.26. The summed E-state index contributed by atoms with van der Waals surface area (Å²) in [5, 5.41) is 12.4. The number of aliphatic carboxylic acids is 1. The Labute approximate surface area is 130 Å². The second kappa shape index (κ2) is 7.46. The summed E-state index contributed by atoms with van der Waals surface area (Å²) in [4.78, 5) is 22.9. The summed E-state index contributed by atoms with van der Waals surface area (Å²) in [6, 6.07) is 7.27. The van der Waals surface area contributed by atoms with E-state index < -0.39 is 11.4 Å². The number of benzene rings is 1. The molecule has 0 heterocycles. The normalized spacial score (nSPS) is 12.8. The first-order chi connectivity index (χ1) is 9.73. The molecule has 116 valence electrons. The second-order valence-electron chi connectivity index (χ2n) is 5.99. The summed E-state index contributed by atoms with van der Waals surface area (Å²) in [6.07, 6.45) is 0.885. The third-order valence-corrected chi connectivity index (χ3v) is 3.50. The van der Waals surface area contributed by atoms with Crippen molar-refractivity contribution in [2.75, 3.05) is 0 Å². The van der Waals surface area contributed by atoms with Crippen LogP contribution >= 0.6 is 11.6 Å². The highest BCUT2D eigenvalue weighted by molar-refractivity contribution is 6.30. The molecule has 0 spiro atoms. The molecule has 0 aliphatic heterocycles. The Morgan fingerprint density at radius 2 is 2.00 bits per heavy atom. The minimum absolute atomic E-state index is 0.0334. The van der Waals surface area contributed by atoms with Crippen LogP contribution in [0.5, 0.6) is 0 Å². The van der Waals surface area contributed by atoms with Gasteiger partial charge in [-0.25, -0.2) is 0 Å². The molecule has 0 bridgehead atoms. The van der Waals surface area contributed by atoms with Crippen LogP contribution in [0.1, 0.15) is 51.6 Å². The fraction of sp³-hybridized carbons (Fsp3) is 0.500. The average Bonchev–Trinajstić information content (AvgIpc) is 2.33. The van der Waals surface area contributed by atoms with Crippen LogP contribution < -0.4 is 5.32 Å². The van der Waals surface area contributed by atoms with Crippen LogP contribution in [-0.4, -0.2) is 17.0 Å². The van der Waals surface area contributed by atoms with Gasteiger partial charge in [-0.3, -0.25) is 9.59 Å². The molecule has 0 radical (unpaired) electrons. The molecular weight excluding hydrogens is 290 g/mol. The van der Waals surface area contributed by atoms with Gasteiger partial charge in [0.2, 0.25) is 5.91 Å². The van der Waals surface area contributed by atoms with Gasteiger partial charge in [0.15, 0.2) is 0 Å². The fourth-order valence-corrected chi connectivity index (χ4v) is 2.50. The van der Waals surface area contributed by atoms with E-state index in [-0.39, 0.29) is 24.8 Å². The van der Waals surface area contributed by atoms with Gasteiger partial charge in [0, 0.05) is 11.4 Å². The maximum absolute atomic E-state index is 12.1. The molecule has 0 saturated carbocycles. The van der Waals surface area contributed by atoms with Gasteiger partial charge in [-0.05, 0) is 29.5 Å². The molecule has 1 aromatic carbocycles. The molecule has 1 amide bonds. The van der Waals surface area contributed by atoms with Crippen molar-refractivity contribution in [3.63, 3.8) is 0 Å². The van der Waals surface area contributed by atoms with E-state index in [0.29, 0.717) is 5.02 Å². The zero-order valence-corrected chi connectivity index (χ0v) is 13.4. The maximum atomic E-state index is 12.1. The molecule has 2 N–H and O–H groups in total. The molecule has 0 fully saturated rings. The summed E-state index contributed by atoms with van der Waals surface area (Å²) >= 11 is 5.97. The summed E-state index contributed by atoms with van der Waals surface area (Å²) < 4.78 is 0. The summed E-state index contributed by atoms with van der Waals surface area (Å²) in [5.41, 5.74) is 0.386. The predicted octanol–water partition coefficient (Wildman–Crippen LogP) is 3.80. The van der Waals surface area contributed by atoms with Crippen molar-refractivity contribution in [1.82, 2.24) is 5.32 Å². The van der Waals surface area contributed by atoms with Crippen molar-refractivity contribution in [2.45, 2.75) is 46.1 Å². The Balaban J connectivity index is 2.69. The Morgan fingerprint density at radius 3 is 2.52 bits per heavy atom. The third kappa shape index (κ3) is 6.17. The lowest BCUT2D eigenvalue weighted by atomic mass is 9.85. The SMILES string of the molecule is CCC(NC(=O)CC(C)(C)CC(=O)O)c1cccc(Cl)c1. The number of halogens is 1. The largest absolute Gasteiger partial charge is 0.481 e. The average molecular weight is 312 g/mol. The van der Waals surface area contributed by atoms with Crippen molar-refractivity contribution in [2.24, 2.45) is 5.41 Å². The monoisotopic (exact) mass is 311 g/mol. The quantitative estimate of drug-likeness (QED) is 0.805. The molecule has 21 heavy (non-hydrogen) atoms. The minimum Gasteiger partial charge on any atom is -0.481 e. The van der Waals surface area contributed by atoms with E-state index in [2.05, 4.69) is 5.32 Å². The zero-order chi connectivity index (χ0) is 16.0. The van der Waals surface area contributed by atoms with Crippen molar-refractivity contribution >= 4 is 23.5 Å². The van der Waals surface area contributed by atoms with Gasteiger partial charge in [-0.2, -0.15) is 0 Å². The molecule has 1 aromatic rings. The van der Waals surface area contributed by atoms with Crippen molar-refractivity contribution < 1.29 is 14.7 Å². The molecule has 1 rings (SSSR count). The van der Waals surface area contributed by atoms with E-state index in [1.807, 2.05) is 25.1 Å². The fourth-order valence-electron chi connectivity index (χ4n) is 2.30. The van der Waals surface area contributed by atoms with Gasteiger partial charge in [0.05, 0.1) is 12.5 Å². The number of hydrogen-bond acceptors (Lipinski definition) is 2. The number of nitrogens with one attached hydrogen (secondary N) is 1. The van der Waals surface area contributed by atoms with Crippen LogP contribution in [0.25, 0.3) is 0 Å². The van der Waals surface area contributed by atoms with E-state index in [9.17, 15) is 9.59 Å². The Bertz CT molecular complexity index is 514. The lowest BCUT2D eigenvalue weighted by molar-refractivity contribution is -0.139. The second-order valence-corrected chi connectivity index (χ2v) is 6.43. The first-order valence-electron chi connectivity index (χ1n) is 7.00. The van der Waals surface area contributed by atoms with Crippen LogP contribution in [0.15, 0.2) is 24.3 Å². The van der Waals surface area contributed by atoms with Gasteiger partial charge < -0.3 is 10.4 Å². The number of carboxylic acids is 1.